The molecule has 20 heavy (non-hydrogen) atoms. The summed E-state index contributed by atoms with van der Waals surface area (Å²) in [6.45, 7) is 2.48. The Kier molecular flexibility index (Phi) is 5.84. The molecule has 0 bridgehead atoms. The van der Waals surface area contributed by atoms with Crippen LogP contribution >= 0.6 is 0 Å². The van der Waals surface area contributed by atoms with Crippen LogP contribution in [0.3, 0.4) is 0 Å². The standard InChI is InChI=1S/C13H19N3O4/c1-3-5-9(4-2)15-13(20)16-7-6-14-12(19)10(16)8-11(17)18/h1,9-10H,4-8H2,2H3,(H,14,19)(H,15,20)(H,17,18). The number of amides is 3. The molecule has 0 aromatic rings. The van der Waals surface area contributed by atoms with Crippen LogP contribution in [0.5, 0.6) is 0 Å². The molecule has 7 nitrogen and oxygen atoms in total. The number of carboxylic acids is 1. The number of rotatable bonds is 5. The van der Waals surface area contributed by atoms with E-state index in [-0.39, 0.29) is 12.6 Å². The molecule has 110 valence electrons. The van der Waals surface area contributed by atoms with E-state index in [1.165, 1.54) is 4.90 Å². The number of piperazine rings is 1. The van der Waals surface area contributed by atoms with Crippen LogP contribution in [0.25, 0.3) is 0 Å². The second kappa shape index (κ2) is 7.38. The maximum absolute atomic E-state index is 12.2. The third-order valence-corrected chi connectivity index (χ3v) is 3.14. The minimum Gasteiger partial charge on any atom is -0.481 e. The van der Waals surface area contributed by atoms with Crippen LogP contribution in [0, 0.1) is 12.3 Å². The highest BCUT2D eigenvalue weighted by molar-refractivity contribution is 5.91. The molecular formula is C13H19N3O4. The summed E-state index contributed by atoms with van der Waals surface area (Å²) in [5, 5.41) is 14.1. The molecule has 3 N–H and O–H groups in total. The summed E-state index contributed by atoms with van der Waals surface area (Å²) in [5.41, 5.74) is 0. The van der Waals surface area contributed by atoms with Crippen molar-refractivity contribution < 1.29 is 19.5 Å². The quantitative estimate of drug-likeness (QED) is 0.606. The van der Waals surface area contributed by atoms with Gasteiger partial charge in [-0.1, -0.05) is 6.92 Å². The number of nitrogens with zero attached hydrogens (tertiary/aromatic N) is 1. The van der Waals surface area contributed by atoms with Crippen molar-refractivity contribution in [3.8, 4) is 12.3 Å². The van der Waals surface area contributed by atoms with Crippen molar-refractivity contribution in [2.45, 2.75) is 38.3 Å². The fourth-order valence-electron chi connectivity index (χ4n) is 2.02. The van der Waals surface area contributed by atoms with Gasteiger partial charge < -0.3 is 20.6 Å². The molecule has 0 aromatic carbocycles. The van der Waals surface area contributed by atoms with Crippen LogP contribution in [-0.4, -0.2) is 53.1 Å². The van der Waals surface area contributed by atoms with E-state index in [0.29, 0.717) is 19.4 Å². The number of aliphatic carboxylic acids is 1. The largest absolute Gasteiger partial charge is 0.481 e. The van der Waals surface area contributed by atoms with Crippen LogP contribution in [0.15, 0.2) is 0 Å². The van der Waals surface area contributed by atoms with Crippen LogP contribution in [-0.2, 0) is 9.59 Å². The Bertz CT molecular complexity index is 430. The lowest BCUT2D eigenvalue weighted by atomic mass is 10.1. The Morgan fingerprint density at radius 2 is 2.35 bits per heavy atom. The SMILES string of the molecule is C#CCC(CC)NC(=O)N1CCNC(=O)C1CC(=O)O. The van der Waals surface area contributed by atoms with Gasteiger partial charge >= 0.3 is 12.0 Å². The summed E-state index contributed by atoms with van der Waals surface area (Å²) in [7, 11) is 0. The third kappa shape index (κ3) is 4.16. The van der Waals surface area contributed by atoms with E-state index in [0.717, 1.165) is 0 Å². The highest BCUT2D eigenvalue weighted by Gasteiger charge is 2.35. The molecule has 1 fully saturated rings. The summed E-state index contributed by atoms with van der Waals surface area (Å²) in [4.78, 5) is 35.9. The lowest BCUT2D eigenvalue weighted by molar-refractivity contribution is -0.142. The van der Waals surface area contributed by atoms with Crippen LogP contribution < -0.4 is 10.6 Å². The molecule has 1 aliphatic heterocycles. The van der Waals surface area contributed by atoms with Gasteiger partial charge in [0.05, 0.1) is 6.42 Å². The molecule has 0 saturated carbocycles. The number of hydrogen-bond acceptors (Lipinski definition) is 3. The summed E-state index contributed by atoms with van der Waals surface area (Å²) < 4.78 is 0. The average Bonchev–Trinajstić information content (AvgIpc) is 2.39. The van der Waals surface area contributed by atoms with Crippen molar-refractivity contribution in [3.05, 3.63) is 0 Å². The van der Waals surface area contributed by atoms with Crippen molar-refractivity contribution >= 4 is 17.9 Å². The number of nitrogens with one attached hydrogen (secondary N) is 2. The second-order valence-electron chi connectivity index (χ2n) is 4.56. The molecule has 1 rings (SSSR count). The van der Waals surface area contributed by atoms with E-state index in [9.17, 15) is 14.4 Å². The van der Waals surface area contributed by atoms with Crippen molar-refractivity contribution in [2.75, 3.05) is 13.1 Å². The van der Waals surface area contributed by atoms with E-state index in [1.54, 1.807) is 0 Å². The zero-order valence-corrected chi connectivity index (χ0v) is 11.4. The minimum absolute atomic E-state index is 0.178. The average molecular weight is 281 g/mol. The molecule has 2 unspecified atom stereocenters. The molecule has 1 aliphatic rings. The number of carbonyl (C=O) groups excluding carboxylic acids is 2. The lowest BCUT2D eigenvalue weighted by Gasteiger charge is -2.35. The fraction of sp³-hybridized carbons (Fsp3) is 0.615. The first-order chi connectivity index (χ1) is 9.49. The lowest BCUT2D eigenvalue weighted by Crippen LogP contribution is -2.60. The molecule has 0 aromatic heterocycles. The maximum Gasteiger partial charge on any atom is 0.318 e. The monoisotopic (exact) mass is 281 g/mol. The van der Waals surface area contributed by atoms with Gasteiger partial charge in [-0.25, -0.2) is 4.79 Å². The molecule has 0 aliphatic carbocycles. The van der Waals surface area contributed by atoms with Crippen LogP contribution in [0.2, 0.25) is 0 Å². The van der Waals surface area contributed by atoms with Gasteiger partial charge in [-0.05, 0) is 6.42 Å². The zero-order valence-electron chi connectivity index (χ0n) is 11.4. The predicted octanol–water partition coefficient (Wildman–Crippen LogP) is -0.227. The number of urea groups is 1. The molecule has 3 amide bonds. The topological polar surface area (TPSA) is 98.7 Å². The van der Waals surface area contributed by atoms with E-state index in [1.807, 2.05) is 6.92 Å². The smallest absolute Gasteiger partial charge is 0.318 e. The Morgan fingerprint density at radius 1 is 1.65 bits per heavy atom. The predicted molar refractivity (Wildman–Crippen MR) is 71.8 cm³/mol. The molecule has 7 heteroatoms. The Hall–Kier alpha value is -2.23. The number of hydrogen-bond donors (Lipinski definition) is 3. The maximum atomic E-state index is 12.2. The summed E-state index contributed by atoms with van der Waals surface area (Å²) in [6, 6.07) is -1.61. The van der Waals surface area contributed by atoms with Gasteiger partial charge in [-0.3, -0.25) is 9.59 Å². The molecule has 2 atom stereocenters. The van der Waals surface area contributed by atoms with Crippen molar-refractivity contribution in [2.24, 2.45) is 0 Å². The zero-order chi connectivity index (χ0) is 15.1. The van der Waals surface area contributed by atoms with Gasteiger partial charge in [0.2, 0.25) is 5.91 Å². The van der Waals surface area contributed by atoms with Gasteiger partial charge in [0.25, 0.3) is 0 Å². The Labute approximate surface area is 117 Å². The normalized spacial score (nSPS) is 19.7. The van der Waals surface area contributed by atoms with Crippen LogP contribution in [0.4, 0.5) is 4.79 Å². The van der Waals surface area contributed by atoms with E-state index in [2.05, 4.69) is 16.6 Å². The van der Waals surface area contributed by atoms with Crippen molar-refractivity contribution in [3.63, 3.8) is 0 Å². The molecule has 1 heterocycles. The van der Waals surface area contributed by atoms with Crippen molar-refractivity contribution in [1.82, 2.24) is 15.5 Å². The third-order valence-electron chi connectivity index (χ3n) is 3.14. The highest BCUT2D eigenvalue weighted by atomic mass is 16.4. The number of terminal acetylenes is 1. The molecular weight excluding hydrogens is 262 g/mol. The minimum atomic E-state index is -1.12. The van der Waals surface area contributed by atoms with Gasteiger partial charge in [0, 0.05) is 25.6 Å². The second-order valence-corrected chi connectivity index (χ2v) is 4.56. The van der Waals surface area contributed by atoms with Crippen molar-refractivity contribution in [1.29, 1.82) is 0 Å². The number of carboxylic acid groups (broad SMARTS) is 1. The Morgan fingerprint density at radius 3 is 2.90 bits per heavy atom. The van der Waals surface area contributed by atoms with Gasteiger partial charge in [-0.2, -0.15) is 0 Å². The molecule has 0 spiro atoms. The Balaban J connectivity index is 2.74. The fourth-order valence-corrected chi connectivity index (χ4v) is 2.02. The highest BCUT2D eigenvalue weighted by Crippen LogP contribution is 2.10. The summed E-state index contributed by atoms with van der Waals surface area (Å²) in [6.07, 6.45) is 5.87. The van der Waals surface area contributed by atoms with E-state index < -0.39 is 30.4 Å². The van der Waals surface area contributed by atoms with E-state index in [4.69, 9.17) is 11.5 Å². The van der Waals surface area contributed by atoms with Crippen LogP contribution in [0.1, 0.15) is 26.2 Å². The first kappa shape index (κ1) is 15.8. The summed E-state index contributed by atoms with van der Waals surface area (Å²) in [5.74, 6) is 0.902. The van der Waals surface area contributed by atoms with Gasteiger partial charge in [0.1, 0.15) is 6.04 Å². The van der Waals surface area contributed by atoms with E-state index >= 15 is 0 Å². The first-order valence-corrected chi connectivity index (χ1v) is 6.49. The first-order valence-electron chi connectivity index (χ1n) is 6.49. The molecule has 0 radical (unpaired) electrons. The van der Waals surface area contributed by atoms with Gasteiger partial charge in [-0.15, -0.1) is 12.3 Å². The summed E-state index contributed by atoms with van der Waals surface area (Å²) >= 11 is 0. The van der Waals surface area contributed by atoms with Gasteiger partial charge in [0.15, 0.2) is 0 Å². The molecule has 1 saturated heterocycles. The number of carbonyl (C=O) groups is 3.